The minimum absolute atomic E-state index is 0.0494. The summed E-state index contributed by atoms with van der Waals surface area (Å²) in [5, 5.41) is 16.4. The summed E-state index contributed by atoms with van der Waals surface area (Å²) in [4.78, 5) is 12.0. The quantitative estimate of drug-likeness (QED) is 0.778. The molecule has 1 amide bonds. The standard InChI is InChI=1S/C15H19N3O4S/c1-3-23(21,22)12-5-6-14(19)13(8-12)17-15(20)7-4-11-9-16-18(2)10-11/h5-6,8-10,19H,3-4,7H2,1-2H3,(H,17,20). The van der Waals surface area contributed by atoms with Crippen molar-refractivity contribution in [2.24, 2.45) is 7.05 Å². The van der Waals surface area contributed by atoms with Gasteiger partial charge in [0.2, 0.25) is 5.91 Å². The number of phenols is 1. The molecule has 0 saturated carbocycles. The van der Waals surface area contributed by atoms with Gasteiger partial charge in [-0.3, -0.25) is 9.48 Å². The first-order chi connectivity index (χ1) is 10.8. The Labute approximate surface area is 134 Å². The number of amides is 1. The third-order valence-corrected chi connectivity index (χ3v) is 5.11. The van der Waals surface area contributed by atoms with Gasteiger partial charge in [0.1, 0.15) is 5.75 Å². The van der Waals surface area contributed by atoms with Gasteiger partial charge in [-0.2, -0.15) is 5.10 Å². The number of aromatic hydroxyl groups is 1. The first kappa shape index (κ1) is 17.0. The van der Waals surface area contributed by atoms with Crippen LogP contribution in [0.15, 0.2) is 35.5 Å². The third-order valence-electron chi connectivity index (χ3n) is 3.38. The molecule has 0 fully saturated rings. The molecular weight excluding hydrogens is 318 g/mol. The number of anilines is 1. The summed E-state index contributed by atoms with van der Waals surface area (Å²) in [6.07, 6.45) is 4.21. The molecule has 0 aliphatic heterocycles. The maximum absolute atomic E-state index is 12.0. The topological polar surface area (TPSA) is 101 Å². The lowest BCUT2D eigenvalue weighted by Crippen LogP contribution is -2.13. The van der Waals surface area contributed by atoms with E-state index in [-0.39, 0.29) is 34.4 Å². The zero-order chi connectivity index (χ0) is 17.0. The zero-order valence-electron chi connectivity index (χ0n) is 13.0. The fourth-order valence-corrected chi connectivity index (χ4v) is 2.95. The highest BCUT2D eigenvalue weighted by Gasteiger charge is 2.15. The van der Waals surface area contributed by atoms with E-state index in [2.05, 4.69) is 10.4 Å². The number of nitrogens with zero attached hydrogens (tertiary/aromatic N) is 2. The molecule has 23 heavy (non-hydrogen) atoms. The van der Waals surface area contributed by atoms with Crippen LogP contribution in [0, 0.1) is 0 Å². The van der Waals surface area contributed by atoms with E-state index in [1.165, 1.54) is 25.1 Å². The number of sulfone groups is 1. The molecule has 1 aromatic carbocycles. The van der Waals surface area contributed by atoms with Gasteiger partial charge < -0.3 is 10.4 Å². The molecule has 0 radical (unpaired) electrons. The van der Waals surface area contributed by atoms with Gasteiger partial charge in [-0.05, 0) is 30.2 Å². The zero-order valence-corrected chi connectivity index (χ0v) is 13.8. The van der Waals surface area contributed by atoms with Crippen LogP contribution >= 0.6 is 0 Å². The number of hydrogen-bond acceptors (Lipinski definition) is 5. The maximum Gasteiger partial charge on any atom is 0.224 e. The largest absolute Gasteiger partial charge is 0.506 e. The van der Waals surface area contributed by atoms with Crippen LogP contribution in [-0.2, 0) is 28.1 Å². The van der Waals surface area contributed by atoms with E-state index in [9.17, 15) is 18.3 Å². The smallest absolute Gasteiger partial charge is 0.224 e. The molecule has 0 aliphatic rings. The molecule has 1 aromatic heterocycles. The van der Waals surface area contributed by atoms with Crippen molar-refractivity contribution in [2.75, 3.05) is 11.1 Å². The number of rotatable bonds is 6. The van der Waals surface area contributed by atoms with Crippen molar-refractivity contribution in [3.05, 3.63) is 36.2 Å². The van der Waals surface area contributed by atoms with E-state index in [0.717, 1.165) is 5.56 Å². The normalized spacial score (nSPS) is 11.4. The van der Waals surface area contributed by atoms with Crippen molar-refractivity contribution in [1.82, 2.24) is 9.78 Å². The van der Waals surface area contributed by atoms with Crippen molar-refractivity contribution in [2.45, 2.75) is 24.7 Å². The molecule has 0 spiro atoms. The lowest BCUT2D eigenvalue weighted by Gasteiger charge is -2.09. The molecule has 124 valence electrons. The van der Waals surface area contributed by atoms with Gasteiger partial charge in [-0.15, -0.1) is 0 Å². The van der Waals surface area contributed by atoms with Gasteiger partial charge in [0.25, 0.3) is 0 Å². The van der Waals surface area contributed by atoms with E-state index < -0.39 is 9.84 Å². The summed E-state index contributed by atoms with van der Waals surface area (Å²) < 4.78 is 25.4. The molecule has 0 atom stereocenters. The summed E-state index contributed by atoms with van der Waals surface area (Å²) in [5.41, 5.74) is 1.02. The lowest BCUT2D eigenvalue weighted by atomic mass is 10.2. The molecule has 2 N–H and O–H groups in total. The van der Waals surface area contributed by atoms with Crippen LogP contribution < -0.4 is 5.32 Å². The number of hydrogen-bond donors (Lipinski definition) is 2. The fraction of sp³-hybridized carbons (Fsp3) is 0.333. The van der Waals surface area contributed by atoms with Gasteiger partial charge in [-0.25, -0.2) is 8.42 Å². The number of nitrogens with one attached hydrogen (secondary N) is 1. The highest BCUT2D eigenvalue weighted by molar-refractivity contribution is 7.91. The summed E-state index contributed by atoms with van der Waals surface area (Å²) in [6, 6.07) is 3.86. The van der Waals surface area contributed by atoms with E-state index >= 15 is 0 Å². The average molecular weight is 337 g/mol. The lowest BCUT2D eigenvalue weighted by molar-refractivity contribution is -0.116. The summed E-state index contributed by atoms with van der Waals surface area (Å²) in [5.74, 6) is -0.531. The Morgan fingerprint density at radius 3 is 2.74 bits per heavy atom. The molecule has 1 heterocycles. The number of aromatic nitrogens is 2. The molecule has 0 unspecified atom stereocenters. The number of phenolic OH excluding ortho intramolecular Hbond substituents is 1. The Hall–Kier alpha value is -2.35. The van der Waals surface area contributed by atoms with Crippen molar-refractivity contribution >= 4 is 21.4 Å². The molecular formula is C15H19N3O4S. The Kier molecular flexibility index (Phi) is 5.05. The third kappa shape index (κ3) is 4.32. The molecule has 0 saturated heterocycles. The average Bonchev–Trinajstić information content (AvgIpc) is 2.93. The van der Waals surface area contributed by atoms with Gasteiger partial charge in [0, 0.05) is 19.7 Å². The second kappa shape index (κ2) is 6.82. The Bertz CT molecular complexity index is 812. The van der Waals surface area contributed by atoms with E-state index in [0.29, 0.717) is 6.42 Å². The minimum Gasteiger partial charge on any atom is -0.506 e. The summed E-state index contributed by atoms with van der Waals surface area (Å²) in [6.45, 7) is 1.54. The Morgan fingerprint density at radius 2 is 2.13 bits per heavy atom. The molecule has 2 aromatic rings. The van der Waals surface area contributed by atoms with Crippen molar-refractivity contribution in [1.29, 1.82) is 0 Å². The van der Waals surface area contributed by atoms with Crippen molar-refractivity contribution < 1.29 is 18.3 Å². The first-order valence-electron chi connectivity index (χ1n) is 7.15. The van der Waals surface area contributed by atoms with Crippen LogP contribution in [0.3, 0.4) is 0 Å². The van der Waals surface area contributed by atoms with Gasteiger partial charge >= 0.3 is 0 Å². The van der Waals surface area contributed by atoms with E-state index in [1.807, 2.05) is 6.20 Å². The molecule has 2 rings (SSSR count). The minimum atomic E-state index is -3.40. The van der Waals surface area contributed by atoms with Crippen molar-refractivity contribution in [3.63, 3.8) is 0 Å². The van der Waals surface area contributed by atoms with Gasteiger partial charge in [-0.1, -0.05) is 6.92 Å². The van der Waals surface area contributed by atoms with Crippen LogP contribution in [-0.4, -0.2) is 35.0 Å². The molecule has 0 bridgehead atoms. The van der Waals surface area contributed by atoms with Crippen LogP contribution in [0.25, 0.3) is 0 Å². The van der Waals surface area contributed by atoms with Gasteiger partial charge in [0.15, 0.2) is 9.84 Å². The number of benzene rings is 1. The first-order valence-corrected chi connectivity index (χ1v) is 8.80. The summed E-state index contributed by atoms with van der Waals surface area (Å²) >= 11 is 0. The predicted octanol–water partition coefficient (Wildman–Crippen LogP) is 1.49. The number of carbonyl (C=O) groups is 1. The number of carbonyl (C=O) groups excluding carboxylic acids is 1. The maximum atomic E-state index is 12.0. The van der Waals surface area contributed by atoms with Crippen LogP contribution in [0.2, 0.25) is 0 Å². The SMILES string of the molecule is CCS(=O)(=O)c1ccc(O)c(NC(=O)CCc2cnn(C)c2)c1. The van der Waals surface area contributed by atoms with Crippen molar-refractivity contribution in [3.8, 4) is 5.75 Å². The van der Waals surface area contributed by atoms with Crippen LogP contribution in [0.4, 0.5) is 5.69 Å². The molecule has 0 aliphatic carbocycles. The fourth-order valence-electron chi connectivity index (χ4n) is 2.05. The Balaban J connectivity index is 2.06. The molecule has 8 heteroatoms. The monoisotopic (exact) mass is 337 g/mol. The second-order valence-corrected chi connectivity index (χ2v) is 7.43. The molecule has 7 nitrogen and oxygen atoms in total. The van der Waals surface area contributed by atoms with Crippen LogP contribution in [0.1, 0.15) is 18.9 Å². The summed E-state index contributed by atoms with van der Waals surface area (Å²) in [7, 11) is -1.61. The van der Waals surface area contributed by atoms with E-state index in [4.69, 9.17) is 0 Å². The Morgan fingerprint density at radius 1 is 1.39 bits per heavy atom. The van der Waals surface area contributed by atoms with Gasteiger partial charge in [0.05, 0.1) is 22.5 Å². The van der Waals surface area contributed by atoms with Crippen LogP contribution in [0.5, 0.6) is 5.75 Å². The highest BCUT2D eigenvalue weighted by Crippen LogP contribution is 2.27. The number of aryl methyl sites for hydroxylation is 2. The predicted molar refractivity (Wildman–Crippen MR) is 86.0 cm³/mol. The van der Waals surface area contributed by atoms with E-state index in [1.54, 1.807) is 17.9 Å². The second-order valence-electron chi connectivity index (χ2n) is 5.15. The highest BCUT2D eigenvalue weighted by atomic mass is 32.2.